The van der Waals surface area contributed by atoms with Gasteiger partial charge in [-0.05, 0) is 49.2 Å². The fraction of sp³-hybridized carbons (Fsp3) is 0.364. The van der Waals surface area contributed by atoms with E-state index in [0.717, 1.165) is 10.6 Å². The first-order valence-corrected chi connectivity index (χ1v) is 10.4. The van der Waals surface area contributed by atoms with Gasteiger partial charge in [-0.2, -0.15) is 0 Å². The Morgan fingerprint density at radius 1 is 0.963 bits per heavy atom. The Bertz CT molecular complexity index is 796. The van der Waals surface area contributed by atoms with Crippen molar-refractivity contribution in [2.24, 2.45) is 5.92 Å². The van der Waals surface area contributed by atoms with Crippen LogP contribution in [0.1, 0.15) is 49.9 Å². The summed E-state index contributed by atoms with van der Waals surface area (Å²) in [6.07, 6.45) is 5.09. The SMILES string of the molecule is CC(C)C(=O)Nc1ccc(C(=O)Nc2ccccc2SC2CCCC2)cc1. The zero-order valence-corrected chi connectivity index (χ0v) is 16.6. The maximum absolute atomic E-state index is 12.6. The minimum Gasteiger partial charge on any atom is -0.326 e. The van der Waals surface area contributed by atoms with Gasteiger partial charge < -0.3 is 10.6 Å². The first-order chi connectivity index (χ1) is 13.0. The Morgan fingerprint density at radius 3 is 2.30 bits per heavy atom. The third-order valence-corrected chi connectivity index (χ3v) is 6.08. The minimum atomic E-state index is -0.142. The summed E-state index contributed by atoms with van der Waals surface area (Å²) in [6.45, 7) is 3.69. The van der Waals surface area contributed by atoms with Crippen molar-refractivity contribution in [3.8, 4) is 0 Å². The predicted molar refractivity (Wildman–Crippen MR) is 112 cm³/mol. The minimum absolute atomic E-state index is 0.0370. The lowest BCUT2D eigenvalue weighted by Gasteiger charge is -2.14. The van der Waals surface area contributed by atoms with E-state index in [9.17, 15) is 9.59 Å². The molecule has 0 bridgehead atoms. The van der Waals surface area contributed by atoms with Crippen molar-refractivity contribution >= 4 is 35.0 Å². The Kier molecular flexibility index (Phi) is 6.56. The largest absolute Gasteiger partial charge is 0.326 e. The van der Waals surface area contributed by atoms with Gasteiger partial charge in [0.25, 0.3) is 5.91 Å². The second-order valence-electron chi connectivity index (χ2n) is 7.20. The molecule has 0 aromatic heterocycles. The number of hydrogen-bond donors (Lipinski definition) is 2. The zero-order valence-electron chi connectivity index (χ0n) is 15.8. The molecule has 27 heavy (non-hydrogen) atoms. The molecular weight excluding hydrogens is 356 g/mol. The average Bonchev–Trinajstić information content (AvgIpc) is 3.17. The van der Waals surface area contributed by atoms with E-state index >= 15 is 0 Å². The molecule has 0 saturated heterocycles. The number of benzene rings is 2. The molecule has 2 N–H and O–H groups in total. The standard InChI is InChI=1S/C22H26N2O2S/c1-15(2)21(25)23-17-13-11-16(12-14-17)22(26)24-19-9-5-6-10-20(19)27-18-7-3-4-8-18/h5-6,9-15,18H,3-4,7-8H2,1-2H3,(H,23,25)(H,24,26). The van der Waals surface area contributed by atoms with E-state index in [1.807, 2.05) is 43.8 Å². The van der Waals surface area contributed by atoms with Crippen molar-refractivity contribution in [3.05, 3.63) is 54.1 Å². The van der Waals surface area contributed by atoms with Gasteiger partial charge in [-0.1, -0.05) is 38.8 Å². The summed E-state index contributed by atoms with van der Waals surface area (Å²) in [4.78, 5) is 25.5. The van der Waals surface area contributed by atoms with Crippen LogP contribution < -0.4 is 10.6 Å². The van der Waals surface area contributed by atoms with Gasteiger partial charge in [-0.25, -0.2) is 0 Å². The van der Waals surface area contributed by atoms with Gasteiger partial charge in [0, 0.05) is 27.3 Å². The van der Waals surface area contributed by atoms with Crippen LogP contribution in [0.15, 0.2) is 53.4 Å². The lowest BCUT2D eigenvalue weighted by molar-refractivity contribution is -0.118. The van der Waals surface area contributed by atoms with Crippen molar-refractivity contribution in [3.63, 3.8) is 0 Å². The molecule has 0 radical (unpaired) electrons. The van der Waals surface area contributed by atoms with Crippen LogP contribution in [-0.4, -0.2) is 17.1 Å². The van der Waals surface area contributed by atoms with Gasteiger partial charge >= 0.3 is 0 Å². The molecule has 4 nitrogen and oxygen atoms in total. The van der Waals surface area contributed by atoms with Crippen molar-refractivity contribution in [2.45, 2.75) is 49.7 Å². The Labute approximate surface area is 165 Å². The number of nitrogens with one attached hydrogen (secondary N) is 2. The topological polar surface area (TPSA) is 58.2 Å². The molecule has 2 aromatic carbocycles. The number of amides is 2. The summed E-state index contributed by atoms with van der Waals surface area (Å²) >= 11 is 1.86. The van der Waals surface area contributed by atoms with Gasteiger partial charge in [0.2, 0.25) is 5.91 Å². The molecule has 5 heteroatoms. The third kappa shape index (κ3) is 5.36. The van der Waals surface area contributed by atoms with Crippen molar-refractivity contribution in [2.75, 3.05) is 10.6 Å². The van der Waals surface area contributed by atoms with Crippen LogP contribution in [0.25, 0.3) is 0 Å². The van der Waals surface area contributed by atoms with E-state index in [1.54, 1.807) is 24.3 Å². The Hall–Kier alpha value is -2.27. The number of anilines is 2. The summed E-state index contributed by atoms with van der Waals surface area (Å²) < 4.78 is 0. The number of hydrogen-bond acceptors (Lipinski definition) is 3. The summed E-state index contributed by atoms with van der Waals surface area (Å²) in [5, 5.41) is 6.51. The van der Waals surface area contributed by atoms with Crippen LogP contribution in [0.5, 0.6) is 0 Å². The van der Waals surface area contributed by atoms with E-state index in [4.69, 9.17) is 0 Å². The van der Waals surface area contributed by atoms with Crippen molar-refractivity contribution in [1.29, 1.82) is 0 Å². The maximum atomic E-state index is 12.6. The van der Waals surface area contributed by atoms with E-state index < -0.39 is 0 Å². The van der Waals surface area contributed by atoms with Crippen LogP contribution in [0, 0.1) is 5.92 Å². The quantitative estimate of drug-likeness (QED) is 0.687. The molecule has 0 heterocycles. The van der Waals surface area contributed by atoms with Crippen LogP contribution >= 0.6 is 11.8 Å². The molecule has 0 unspecified atom stereocenters. The molecule has 142 valence electrons. The molecule has 1 aliphatic carbocycles. The summed E-state index contributed by atoms with van der Waals surface area (Å²) in [6, 6.07) is 15.0. The molecule has 1 saturated carbocycles. The summed E-state index contributed by atoms with van der Waals surface area (Å²) in [5.74, 6) is -0.261. The normalized spacial score (nSPS) is 14.3. The highest BCUT2D eigenvalue weighted by atomic mass is 32.2. The Balaban J connectivity index is 1.66. The fourth-order valence-electron chi connectivity index (χ4n) is 3.04. The monoisotopic (exact) mass is 382 g/mol. The predicted octanol–water partition coefficient (Wildman–Crippen LogP) is 5.57. The number of rotatable bonds is 6. The second-order valence-corrected chi connectivity index (χ2v) is 8.54. The van der Waals surface area contributed by atoms with Crippen LogP contribution in [-0.2, 0) is 4.79 Å². The summed E-state index contributed by atoms with van der Waals surface area (Å²) in [5.41, 5.74) is 2.12. The van der Waals surface area contributed by atoms with E-state index in [0.29, 0.717) is 16.5 Å². The lowest BCUT2D eigenvalue weighted by Crippen LogP contribution is -2.18. The van der Waals surface area contributed by atoms with Gasteiger partial charge in [0.15, 0.2) is 0 Å². The molecule has 0 spiro atoms. The van der Waals surface area contributed by atoms with Gasteiger partial charge in [-0.15, -0.1) is 11.8 Å². The van der Waals surface area contributed by atoms with Gasteiger partial charge in [0.1, 0.15) is 0 Å². The molecule has 0 aliphatic heterocycles. The maximum Gasteiger partial charge on any atom is 0.255 e. The lowest BCUT2D eigenvalue weighted by atomic mass is 10.1. The molecule has 1 fully saturated rings. The fourth-order valence-corrected chi connectivity index (χ4v) is 4.38. The molecule has 0 atom stereocenters. The van der Waals surface area contributed by atoms with Crippen molar-refractivity contribution in [1.82, 2.24) is 0 Å². The first kappa shape index (κ1) is 19.5. The van der Waals surface area contributed by atoms with E-state index in [-0.39, 0.29) is 17.7 Å². The third-order valence-electron chi connectivity index (χ3n) is 4.67. The van der Waals surface area contributed by atoms with Gasteiger partial charge in [0.05, 0.1) is 5.69 Å². The number of thioether (sulfide) groups is 1. The molecular formula is C22H26N2O2S. The zero-order chi connectivity index (χ0) is 19.2. The Morgan fingerprint density at radius 2 is 1.63 bits per heavy atom. The molecule has 1 aliphatic rings. The van der Waals surface area contributed by atoms with Crippen LogP contribution in [0.3, 0.4) is 0 Å². The molecule has 3 rings (SSSR count). The van der Waals surface area contributed by atoms with Gasteiger partial charge in [-0.3, -0.25) is 9.59 Å². The van der Waals surface area contributed by atoms with E-state index in [1.165, 1.54) is 25.7 Å². The molecule has 2 amide bonds. The van der Waals surface area contributed by atoms with Crippen LogP contribution in [0.2, 0.25) is 0 Å². The number of carbonyl (C=O) groups is 2. The molecule has 2 aromatic rings. The van der Waals surface area contributed by atoms with Crippen molar-refractivity contribution < 1.29 is 9.59 Å². The highest BCUT2D eigenvalue weighted by Crippen LogP contribution is 2.38. The second kappa shape index (κ2) is 9.09. The average molecular weight is 383 g/mol. The smallest absolute Gasteiger partial charge is 0.255 e. The number of carbonyl (C=O) groups excluding carboxylic acids is 2. The number of para-hydroxylation sites is 1. The van der Waals surface area contributed by atoms with E-state index in [2.05, 4.69) is 16.7 Å². The van der Waals surface area contributed by atoms with Crippen LogP contribution in [0.4, 0.5) is 11.4 Å². The highest BCUT2D eigenvalue weighted by molar-refractivity contribution is 8.00. The highest BCUT2D eigenvalue weighted by Gasteiger charge is 2.18. The summed E-state index contributed by atoms with van der Waals surface area (Å²) in [7, 11) is 0. The first-order valence-electron chi connectivity index (χ1n) is 9.51.